The number of primary amides is 1. The lowest BCUT2D eigenvalue weighted by Crippen LogP contribution is -2.17. The highest BCUT2D eigenvalue weighted by Crippen LogP contribution is 2.18. The van der Waals surface area contributed by atoms with Gasteiger partial charge in [0.25, 0.3) is 12.3 Å². The van der Waals surface area contributed by atoms with Gasteiger partial charge in [-0.3, -0.25) is 4.79 Å². The van der Waals surface area contributed by atoms with Crippen molar-refractivity contribution in [3.63, 3.8) is 0 Å². The number of aromatic nitrogens is 2. The van der Waals surface area contributed by atoms with Crippen LogP contribution in [0.3, 0.4) is 0 Å². The van der Waals surface area contributed by atoms with Crippen LogP contribution in [0.15, 0.2) is 6.20 Å². The molecule has 1 aromatic heterocycles. The maximum Gasteiger partial charge on any atom is 0.281 e. The van der Waals surface area contributed by atoms with Crippen molar-refractivity contribution in [2.75, 3.05) is 12.4 Å². The number of anilines is 1. The minimum absolute atomic E-state index is 0.0460. The molecule has 0 aromatic carbocycles. The summed E-state index contributed by atoms with van der Waals surface area (Å²) >= 11 is 0. The molecule has 7 heteroatoms. The summed E-state index contributed by atoms with van der Waals surface area (Å²) in [5.41, 5.74) is 4.29. The van der Waals surface area contributed by atoms with E-state index in [2.05, 4.69) is 15.3 Å². The number of alkyl halides is 2. The molecule has 0 bridgehead atoms. The zero-order valence-electron chi connectivity index (χ0n) is 7.29. The third-order valence-electron chi connectivity index (χ3n) is 1.48. The second-order valence-electron chi connectivity index (χ2n) is 2.41. The van der Waals surface area contributed by atoms with Crippen LogP contribution in [0.1, 0.15) is 22.6 Å². The van der Waals surface area contributed by atoms with Crippen LogP contribution in [-0.4, -0.2) is 22.9 Å². The van der Waals surface area contributed by atoms with E-state index in [1.54, 1.807) is 0 Å². The molecule has 0 radical (unpaired) electrons. The predicted molar refractivity (Wildman–Crippen MR) is 45.1 cm³/mol. The van der Waals surface area contributed by atoms with Crippen molar-refractivity contribution in [2.45, 2.75) is 6.43 Å². The molecule has 5 nitrogen and oxygen atoms in total. The normalized spacial score (nSPS) is 10.3. The Morgan fingerprint density at radius 3 is 2.71 bits per heavy atom. The van der Waals surface area contributed by atoms with E-state index in [1.165, 1.54) is 7.05 Å². The number of hydrogen-bond donors (Lipinski definition) is 2. The van der Waals surface area contributed by atoms with Crippen molar-refractivity contribution in [3.05, 3.63) is 17.6 Å². The minimum atomic E-state index is -2.73. The highest BCUT2D eigenvalue weighted by molar-refractivity contribution is 5.95. The zero-order valence-corrected chi connectivity index (χ0v) is 7.29. The molecule has 0 saturated heterocycles. The number of nitrogens with two attached hydrogens (primary N) is 1. The Morgan fingerprint density at radius 2 is 2.29 bits per heavy atom. The molecule has 1 rings (SSSR count). The summed E-state index contributed by atoms with van der Waals surface area (Å²) in [6.45, 7) is 0. The van der Waals surface area contributed by atoms with E-state index in [9.17, 15) is 13.6 Å². The molecule has 0 saturated carbocycles. The number of nitrogens with one attached hydrogen (secondary N) is 1. The first-order valence-corrected chi connectivity index (χ1v) is 3.69. The van der Waals surface area contributed by atoms with Crippen molar-refractivity contribution in [1.29, 1.82) is 0 Å². The largest absolute Gasteiger partial charge is 0.371 e. The molecular formula is C7H8F2N4O. The molecule has 1 amide bonds. The standard InChI is InChI=1S/C7H8F2N4O/c1-11-7-4(6(10)14)12-2-3(13-7)5(8)9/h2,5H,1H3,(H2,10,14)(H,11,13). The SMILES string of the molecule is CNc1nc(C(F)F)cnc1C(N)=O. The van der Waals surface area contributed by atoms with Gasteiger partial charge in [-0.15, -0.1) is 0 Å². The molecule has 3 N–H and O–H groups in total. The van der Waals surface area contributed by atoms with E-state index >= 15 is 0 Å². The summed E-state index contributed by atoms with van der Waals surface area (Å²) in [6, 6.07) is 0. The van der Waals surface area contributed by atoms with Gasteiger partial charge in [0, 0.05) is 7.05 Å². The molecule has 1 aromatic rings. The Bertz CT molecular complexity index is 356. The van der Waals surface area contributed by atoms with Crippen LogP contribution in [0, 0.1) is 0 Å². The first kappa shape index (κ1) is 10.3. The summed E-state index contributed by atoms with van der Waals surface area (Å²) in [5, 5.41) is 2.46. The average Bonchev–Trinajstić information content (AvgIpc) is 2.16. The van der Waals surface area contributed by atoms with Gasteiger partial charge in [-0.05, 0) is 0 Å². The number of nitrogens with zero attached hydrogens (tertiary/aromatic N) is 2. The lowest BCUT2D eigenvalue weighted by molar-refractivity contribution is 0.0994. The second kappa shape index (κ2) is 3.95. The van der Waals surface area contributed by atoms with Crippen molar-refractivity contribution in [3.8, 4) is 0 Å². The van der Waals surface area contributed by atoms with Gasteiger partial charge < -0.3 is 11.1 Å². The van der Waals surface area contributed by atoms with E-state index in [0.717, 1.165) is 6.20 Å². The number of carbonyl (C=O) groups excluding carboxylic acids is 1. The molecule has 14 heavy (non-hydrogen) atoms. The van der Waals surface area contributed by atoms with Gasteiger partial charge >= 0.3 is 0 Å². The van der Waals surface area contributed by atoms with Crippen LogP contribution in [0.25, 0.3) is 0 Å². The fraction of sp³-hybridized carbons (Fsp3) is 0.286. The summed E-state index contributed by atoms with van der Waals surface area (Å²) < 4.78 is 24.3. The Hall–Kier alpha value is -1.79. The Labute approximate surface area is 78.3 Å². The monoisotopic (exact) mass is 202 g/mol. The number of hydrogen-bond acceptors (Lipinski definition) is 4. The summed E-state index contributed by atoms with van der Waals surface area (Å²) in [5.74, 6) is -0.863. The molecule has 76 valence electrons. The molecule has 0 aliphatic carbocycles. The Kier molecular flexibility index (Phi) is 2.90. The smallest absolute Gasteiger partial charge is 0.281 e. The van der Waals surface area contributed by atoms with Crippen LogP contribution in [0.2, 0.25) is 0 Å². The van der Waals surface area contributed by atoms with Crippen LogP contribution in [0.5, 0.6) is 0 Å². The van der Waals surface area contributed by atoms with E-state index < -0.39 is 18.0 Å². The molecule has 0 aliphatic heterocycles. The average molecular weight is 202 g/mol. The van der Waals surface area contributed by atoms with E-state index in [4.69, 9.17) is 5.73 Å². The lowest BCUT2D eigenvalue weighted by Gasteiger charge is -2.05. The van der Waals surface area contributed by atoms with Gasteiger partial charge in [0.2, 0.25) is 0 Å². The number of amides is 1. The zero-order chi connectivity index (χ0) is 10.7. The van der Waals surface area contributed by atoms with Gasteiger partial charge in [0.1, 0.15) is 5.69 Å². The third-order valence-corrected chi connectivity index (χ3v) is 1.48. The van der Waals surface area contributed by atoms with Crippen molar-refractivity contribution in [1.82, 2.24) is 9.97 Å². The van der Waals surface area contributed by atoms with Crippen LogP contribution < -0.4 is 11.1 Å². The summed E-state index contributed by atoms with van der Waals surface area (Å²) in [4.78, 5) is 17.7. The molecule has 0 aliphatic rings. The molecule has 0 unspecified atom stereocenters. The van der Waals surface area contributed by atoms with Crippen molar-refractivity contribution >= 4 is 11.7 Å². The minimum Gasteiger partial charge on any atom is -0.371 e. The first-order valence-electron chi connectivity index (χ1n) is 3.69. The number of halogens is 2. The highest BCUT2D eigenvalue weighted by Gasteiger charge is 2.15. The van der Waals surface area contributed by atoms with Gasteiger partial charge in [-0.2, -0.15) is 0 Å². The summed E-state index contributed by atoms with van der Waals surface area (Å²) in [6.07, 6.45) is -1.90. The van der Waals surface area contributed by atoms with Crippen molar-refractivity contribution < 1.29 is 13.6 Å². The second-order valence-corrected chi connectivity index (χ2v) is 2.41. The maximum atomic E-state index is 12.2. The van der Waals surface area contributed by atoms with Crippen molar-refractivity contribution in [2.24, 2.45) is 5.73 Å². The van der Waals surface area contributed by atoms with Gasteiger partial charge in [0.05, 0.1) is 6.20 Å². The number of carbonyl (C=O) groups is 1. The van der Waals surface area contributed by atoms with E-state index in [1.807, 2.05) is 0 Å². The molecule has 1 heterocycles. The molecule has 0 spiro atoms. The van der Waals surface area contributed by atoms with E-state index in [0.29, 0.717) is 0 Å². The van der Waals surface area contributed by atoms with Crippen LogP contribution >= 0.6 is 0 Å². The van der Waals surface area contributed by atoms with Gasteiger partial charge in [-0.1, -0.05) is 0 Å². The van der Waals surface area contributed by atoms with Gasteiger partial charge in [0.15, 0.2) is 11.5 Å². The Balaban J connectivity index is 3.18. The van der Waals surface area contributed by atoms with E-state index in [-0.39, 0.29) is 11.5 Å². The molecular weight excluding hydrogens is 194 g/mol. The maximum absolute atomic E-state index is 12.2. The van der Waals surface area contributed by atoms with Gasteiger partial charge in [-0.25, -0.2) is 18.7 Å². The first-order chi connectivity index (χ1) is 6.56. The van der Waals surface area contributed by atoms with Crippen LogP contribution in [0.4, 0.5) is 14.6 Å². The number of rotatable bonds is 3. The summed E-state index contributed by atoms with van der Waals surface area (Å²) in [7, 11) is 1.44. The topological polar surface area (TPSA) is 80.9 Å². The fourth-order valence-corrected chi connectivity index (χ4v) is 0.863. The lowest BCUT2D eigenvalue weighted by atomic mass is 10.3. The molecule has 0 fully saturated rings. The highest BCUT2D eigenvalue weighted by atomic mass is 19.3. The van der Waals surface area contributed by atoms with Crippen LogP contribution in [-0.2, 0) is 0 Å². The third kappa shape index (κ3) is 1.93. The quantitative estimate of drug-likeness (QED) is 0.750. The Morgan fingerprint density at radius 1 is 1.64 bits per heavy atom. The predicted octanol–water partition coefficient (Wildman–Crippen LogP) is 0.555. The molecule has 0 atom stereocenters. The fourth-order valence-electron chi connectivity index (χ4n) is 0.863.